The van der Waals surface area contributed by atoms with Crippen molar-refractivity contribution >= 4 is 17.3 Å². The molecule has 0 amide bonds. The zero-order valence-electron chi connectivity index (χ0n) is 12.4. The Morgan fingerprint density at radius 2 is 1.75 bits per heavy atom. The summed E-state index contributed by atoms with van der Waals surface area (Å²) in [6.45, 7) is 7.43. The average molecular weight is 270 g/mol. The highest BCUT2D eigenvalue weighted by Crippen LogP contribution is 2.16. The molecule has 2 aromatic rings. The Morgan fingerprint density at radius 3 is 2.45 bits per heavy atom. The van der Waals surface area contributed by atoms with E-state index in [0.717, 1.165) is 30.3 Å². The van der Waals surface area contributed by atoms with Crippen molar-refractivity contribution in [2.24, 2.45) is 5.92 Å². The molecule has 0 bridgehead atoms. The van der Waals surface area contributed by atoms with Crippen LogP contribution in [0.5, 0.6) is 0 Å². The van der Waals surface area contributed by atoms with Gasteiger partial charge in [0.1, 0.15) is 18.0 Å². The summed E-state index contributed by atoms with van der Waals surface area (Å²) in [7, 11) is 0. The van der Waals surface area contributed by atoms with Crippen molar-refractivity contribution in [1.82, 2.24) is 9.97 Å². The predicted octanol–water partition coefficient (Wildman–Crippen LogP) is 3.99. The second-order valence-corrected chi connectivity index (χ2v) is 5.39. The summed E-state index contributed by atoms with van der Waals surface area (Å²) in [6, 6.07) is 10.2. The van der Waals surface area contributed by atoms with Crippen LogP contribution in [0.4, 0.5) is 17.3 Å². The van der Waals surface area contributed by atoms with Gasteiger partial charge in [-0.1, -0.05) is 31.5 Å². The largest absolute Gasteiger partial charge is 0.370 e. The molecule has 106 valence electrons. The highest BCUT2D eigenvalue weighted by molar-refractivity contribution is 5.58. The maximum absolute atomic E-state index is 4.24. The van der Waals surface area contributed by atoms with E-state index in [1.54, 1.807) is 6.33 Å². The molecule has 0 aliphatic heterocycles. The van der Waals surface area contributed by atoms with Gasteiger partial charge in [-0.25, -0.2) is 9.97 Å². The smallest absolute Gasteiger partial charge is 0.135 e. The van der Waals surface area contributed by atoms with Crippen molar-refractivity contribution in [3.63, 3.8) is 0 Å². The lowest BCUT2D eigenvalue weighted by molar-refractivity contribution is 0.606. The van der Waals surface area contributed by atoms with Crippen molar-refractivity contribution < 1.29 is 0 Å². The van der Waals surface area contributed by atoms with Crippen molar-refractivity contribution in [2.45, 2.75) is 27.2 Å². The number of hydrogen-bond donors (Lipinski definition) is 2. The minimum atomic E-state index is 0.689. The van der Waals surface area contributed by atoms with E-state index >= 15 is 0 Å². The number of rotatable bonds is 6. The first-order valence-electron chi connectivity index (χ1n) is 7.03. The summed E-state index contributed by atoms with van der Waals surface area (Å²) in [5, 5.41) is 6.60. The van der Waals surface area contributed by atoms with Crippen LogP contribution < -0.4 is 10.6 Å². The number of benzene rings is 1. The first-order valence-corrected chi connectivity index (χ1v) is 7.03. The average Bonchev–Trinajstić information content (AvgIpc) is 2.41. The van der Waals surface area contributed by atoms with Crippen LogP contribution in [0.25, 0.3) is 0 Å². The lowest BCUT2D eigenvalue weighted by Gasteiger charge is -2.09. The molecule has 0 unspecified atom stereocenters. The lowest BCUT2D eigenvalue weighted by Crippen LogP contribution is -2.06. The molecule has 0 aliphatic carbocycles. The molecular weight excluding hydrogens is 248 g/mol. The summed E-state index contributed by atoms with van der Waals surface area (Å²) in [6.07, 6.45) is 2.71. The lowest BCUT2D eigenvalue weighted by atomic mass is 10.1. The molecule has 0 saturated heterocycles. The van der Waals surface area contributed by atoms with Crippen LogP contribution in [0.1, 0.15) is 25.8 Å². The fourth-order valence-electron chi connectivity index (χ4n) is 1.80. The van der Waals surface area contributed by atoms with Gasteiger partial charge in [-0.15, -0.1) is 0 Å². The van der Waals surface area contributed by atoms with Crippen LogP contribution in [0.2, 0.25) is 0 Å². The third-order valence-electron chi connectivity index (χ3n) is 3.02. The standard InChI is InChI=1S/C16H22N4/c1-12(2)8-9-17-15-10-16(19-11-18-15)20-14-6-4-13(3)5-7-14/h4-7,10-12H,8-9H2,1-3H3,(H2,17,18,19,20). The van der Waals surface area contributed by atoms with Gasteiger partial charge >= 0.3 is 0 Å². The molecule has 4 nitrogen and oxygen atoms in total. The Hall–Kier alpha value is -2.10. The minimum absolute atomic E-state index is 0.689. The second kappa shape index (κ2) is 6.89. The molecule has 0 spiro atoms. The first kappa shape index (κ1) is 14.3. The predicted molar refractivity (Wildman–Crippen MR) is 84.4 cm³/mol. The van der Waals surface area contributed by atoms with Crippen molar-refractivity contribution in [3.8, 4) is 0 Å². The molecule has 0 radical (unpaired) electrons. The number of anilines is 3. The van der Waals surface area contributed by atoms with Gasteiger partial charge in [0, 0.05) is 18.3 Å². The number of aromatic nitrogens is 2. The summed E-state index contributed by atoms with van der Waals surface area (Å²) in [5.41, 5.74) is 2.27. The molecule has 0 aliphatic rings. The van der Waals surface area contributed by atoms with Crippen molar-refractivity contribution in [2.75, 3.05) is 17.2 Å². The normalized spacial score (nSPS) is 10.6. The van der Waals surface area contributed by atoms with Gasteiger partial charge in [-0.3, -0.25) is 0 Å². The molecule has 20 heavy (non-hydrogen) atoms. The third-order valence-corrected chi connectivity index (χ3v) is 3.02. The number of nitrogens with one attached hydrogen (secondary N) is 2. The maximum atomic E-state index is 4.24. The second-order valence-electron chi connectivity index (χ2n) is 5.39. The highest BCUT2D eigenvalue weighted by Gasteiger charge is 2.00. The van der Waals surface area contributed by atoms with Crippen molar-refractivity contribution in [3.05, 3.63) is 42.2 Å². The summed E-state index contributed by atoms with van der Waals surface area (Å²) in [4.78, 5) is 8.47. The van der Waals surface area contributed by atoms with E-state index in [9.17, 15) is 0 Å². The molecule has 0 atom stereocenters. The van der Waals surface area contributed by atoms with E-state index in [2.05, 4.69) is 53.5 Å². The van der Waals surface area contributed by atoms with Gasteiger partial charge in [0.25, 0.3) is 0 Å². The van der Waals surface area contributed by atoms with Crippen LogP contribution in [-0.4, -0.2) is 16.5 Å². The first-order chi connectivity index (χ1) is 9.63. The van der Waals surface area contributed by atoms with Crippen LogP contribution in [0, 0.1) is 12.8 Å². The molecule has 0 fully saturated rings. The molecule has 1 heterocycles. The molecule has 4 heteroatoms. The van der Waals surface area contributed by atoms with Gasteiger partial charge in [-0.2, -0.15) is 0 Å². The number of aryl methyl sites for hydroxylation is 1. The summed E-state index contributed by atoms with van der Waals surface area (Å²) < 4.78 is 0. The zero-order chi connectivity index (χ0) is 14.4. The van der Waals surface area contributed by atoms with Crippen LogP contribution in [0.15, 0.2) is 36.7 Å². The molecular formula is C16H22N4. The highest BCUT2D eigenvalue weighted by atomic mass is 15.1. The van der Waals surface area contributed by atoms with E-state index in [1.165, 1.54) is 5.56 Å². The number of hydrogen-bond acceptors (Lipinski definition) is 4. The molecule has 1 aromatic heterocycles. The fraction of sp³-hybridized carbons (Fsp3) is 0.375. The van der Waals surface area contributed by atoms with E-state index in [0.29, 0.717) is 5.92 Å². The van der Waals surface area contributed by atoms with Crippen LogP contribution in [-0.2, 0) is 0 Å². The third kappa shape index (κ3) is 4.53. The van der Waals surface area contributed by atoms with Crippen molar-refractivity contribution in [1.29, 1.82) is 0 Å². The summed E-state index contributed by atoms with van der Waals surface area (Å²) in [5.74, 6) is 2.35. The van der Waals surface area contributed by atoms with Gasteiger partial charge in [-0.05, 0) is 31.4 Å². The minimum Gasteiger partial charge on any atom is -0.370 e. The molecule has 2 N–H and O–H groups in total. The monoisotopic (exact) mass is 270 g/mol. The molecule has 2 rings (SSSR count). The zero-order valence-corrected chi connectivity index (χ0v) is 12.4. The maximum Gasteiger partial charge on any atom is 0.135 e. The fourth-order valence-corrected chi connectivity index (χ4v) is 1.80. The van der Waals surface area contributed by atoms with Crippen LogP contribution >= 0.6 is 0 Å². The SMILES string of the molecule is Cc1ccc(Nc2cc(NCCC(C)C)ncn2)cc1. The summed E-state index contributed by atoms with van der Waals surface area (Å²) >= 11 is 0. The Morgan fingerprint density at radius 1 is 1.05 bits per heavy atom. The van der Waals surface area contributed by atoms with Gasteiger partial charge < -0.3 is 10.6 Å². The van der Waals surface area contributed by atoms with E-state index in [1.807, 2.05) is 18.2 Å². The Kier molecular flexibility index (Phi) is 4.93. The Bertz CT molecular complexity index is 534. The van der Waals surface area contributed by atoms with Gasteiger partial charge in [0.15, 0.2) is 0 Å². The van der Waals surface area contributed by atoms with E-state index in [4.69, 9.17) is 0 Å². The topological polar surface area (TPSA) is 49.8 Å². The van der Waals surface area contributed by atoms with E-state index < -0.39 is 0 Å². The Balaban J connectivity index is 1.96. The molecule has 0 saturated carbocycles. The van der Waals surface area contributed by atoms with Gasteiger partial charge in [0.2, 0.25) is 0 Å². The quantitative estimate of drug-likeness (QED) is 0.833. The van der Waals surface area contributed by atoms with Gasteiger partial charge in [0.05, 0.1) is 0 Å². The van der Waals surface area contributed by atoms with Crippen LogP contribution in [0.3, 0.4) is 0 Å². The number of nitrogens with zero attached hydrogens (tertiary/aromatic N) is 2. The Labute approximate surface area is 120 Å². The molecule has 1 aromatic carbocycles. The van der Waals surface area contributed by atoms with E-state index in [-0.39, 0.29) is 0 Å².